The standard InChI is InChI=1S/C14H29N3/c1-12-9-17(10-13(12)16(3)4)11-14(2)5-7-15-8-6-14/h12-13,15H,5-11H2,1-4H3. The van der Waals surface area contributed by atoms with E-state index in [1.54, 1.807) is 0 Å². The zero-order valence-corrected chi connectivity index (χ0v) is 12.0. The molecule has 0 aliphatic carbocycles. The van der Waals surface area contributed by atoms with Crippen molar-refractivity contribution in [3.63, 3.8) is 0 Å². The summed E-state index contributed by atoms with van der Waals surface area (Å²) in [5.41, 5.74) is 0.548. The highest BCUT2D eigenvalue weighted by atomic mass is 15.2. The van der Waals surface area contributed by atoms with Crippen molar-refractivity contribution in [1.29, 1.82) is 0 Å². The molecule has 2 aliphatic heterocycles. The van der Waals surface area contributed by atoms with E-state index in [1.807, 2.05) is 0 Å². The zero-order chi connectivity index (χ0) is 12.5. The van der Waals surface area contributed by atoms with Crippen LogP contribution in [0.5, 0.6) is 0 Å². The largest absolute Gasteiger partial charge is 0.317 e. The molecule has 2 atom stereocenters. The van der Waals surface area contributed by atoms with Crippen LogP contribution in [0.2, 0.25) is 0 Å². The number of piperidine rings is 1. The van der Waals surface area contributed by atoms with E-state index in [4.69, 9.17) is 0 Å². The first-order valence-corrected chi connectivity index (χ1v) is 7.10. The molecule has 0 spiro atoms. The zero-order valence-electron chi connectivity index (χ0n) is 12.0. The number of hydrogen-bond donors (Lipinski definition) is 1. The molecule has 0 aromatic carbocycles. The summed E-state index contributed by atoms with van der Waals surface area (Å²) in [6.45, 7) is 11.1. The van der Waals surface area contributed by atoms with Crippen LogP contribution in [-0.4, -0.2) is 62.7 Å². The van der Waals surface area contributed by atoms with Gasteiger partial charge in [0.05, 0.1) is 0 Å². The van der Waals surface area contributed by atoms with Crippen LogP contribution in [0, 0.1) is 11.3 Å². The molecule has 2 aliphatic rings. The molecular formula is C14H29N3. The molecule has 0 radical (unpaired) electrons. The van der Waals surface area contributed by atoms with Crippen LogP contribution in [0.1, 0.15) is 26.7 Å². The number of likely N-dealkylation sites (tertiary alicyclic amines) is 1. The molecule has 2 heterocycles. The van der Waals surface area contributed by atoms with E-state index in [0.717, 1.165) is 12.0 Å². The van der Waals surface area contributed by atoms with Crippen LogP contribution in [0.15, 0.2) is 0 Å². The highest BCUT2D eigenvalue weighted by molar-refractivity contribution is 4.91. The van der Waals surface area contributed by atoms with Gasteiger partial charge in [0.25, 0.3) is 0 Å². The SMILES string of the molecule is CC1CN(CC2(C)CCNCC2)CC1N(C)C. The van der Waals surface area contributed by atoms with Crippen LogP contribution < -0.4 is 5.32 Å². The van der Waals surface area contributed by atoms with E-state index in [2.05, 4.69) is 43.1 Å². The summed E-state index contributed by atoms with van der Waals surface area (Å²) in [4.78, 5) is 5.09. The van der Waals surface area contributed by atoms with Gasteiger partial charge in [-0.2, -0.15) is 0 Å². The van der Waals surface area contributed by atoms with Gasteiger partial charge in [0.1, 0.15) is 0 Å². The molecule has 0 saturated carbocycles. The lowest BCUT2D eigenvalue weighted by Gasteiger charge is -2.37. The van der Waals surface area contributed by atoms with E-state index in [0.29, 0.717) is 5.41 Å². The summed E-state index contributed by atoms with van der Waals surface area (Å²) in [7, 11) is 4.44. The number of rotatable bonds is 3. The molecular weight excluding hydrogens is 210 g/mol. The summed E-state index contributed by atoms with van der Waals surface area (Å²) >= 11 is 0. The number of hydrogen-bond acceptors (Lipinski definition) is 3. The molecule has 0 aromatic rings. The Morgan fingerprint density at radius 3 is 2.41 bits per heavy atom. The third-order valence-corrected chi connectivity index (χ3v) is 4.73. The fraction of sp³-hybridized carbons (Fsp3) is 1.00. The molecule has 100 valence electrons. The summed E-state index contributed by atoms with van der Waals surface area (Å²) in [5, 5.41) is 3.47. The summed E-state index contributed by atoms with van der Waals surface area (Å²) in [5.74, 6) is 0.815. The van der Waals surface area contributed by atoms with Crippen LogP contribution in [0.25, 0.3) is 0 Å². The monoisotopic (exact) mass is 239 g/mol. The third-order valence-electron chi connectivity index (χ3n) is 4.73. The predicted octanol–water partition coefficient (Wildman–Crippen LogP) is 1.26. The van der Waals surface area contributed by atoms with E-state index in [9.17, 15) is 0 Å². The van der Waals surface area contributed by atoms with E-state index >= 15 is 0 Å². The summed E-state index contributed by atoms with van der Waals surface area (Å²) < 4.78 is 0. The van der Waals surface area contributed by atoms with Gasteiger partial charge in [0, 0.05) is 25.7 Å². The molecule has 2 saturated heterocycles. The van der Waals surface area contributed by atoms with Crippen LogP contribution in [0.3, 0.4) is 0 Å². The Morgan fingerprint density at radius 2 is 1.88 bits per heavy atom. The highest BCUT2D eigenvalue weighted by Crippen LogP contribution is 2.31. The van der Waals surface area contributed by atoms with Crippen LogP contribution in [0.4, 0.5) is 0 Å². The molecule has 1 N–H and O–H groups in total. The van der Waals surface area contributed by atoms with Gasteiger partial charge in [0.2, 0.25) is 0 Å². The van der Waals surface area contributed by atoms with Crippen molar-refractivity contribution < 1.29 is 0 Å². The molecule has 3 nitrogen and oxygen atoms in total. The van der Waals surface area contributed by atoms with Gasteiger partial charge < -0.3 is 15.1 Å². The Balaban J connectivity index is 1.88. The van der Waals surface area contributed by atoms with Gasteiger partial charge in [-0.1, -0.05) is 13.8 Å². The van der Waals surface area contributed by atoms with Crippen molar-refractivity contribution in [3.8, 4) is 0 Å². The molecule has 0 aromatic heterocycles. The Kier molecular flexibility index (Phi) is 4.11. The molecule has 2 rings (SSSR count). The van der Waals surface area contributed by atoms with Crippen LogP contribution >= 0.6 is 0 Å². The van der Waals surface area contributed by atoms with Crippen molar-refractivity contribution in [2.75, 3.05) is 46.8 Å². The van der Waals surface area contributed by atoms with Crippen molar-refractivity contribution in [1.82, 2.24) is 15.1 Å². The lowest BCUT2D eigenvalue weighted by atomic mass is 9.80. The van der Waals surface area contributed by atoms with Gasteiger partial charge in [-0.3, -0.25) is 0 Å². The molecule has 0 amide bonds. The van der Waals surface area contributed by atoms with Gasteiger partial charge in [-0.05, 0) is 51.4 Å². The molecule has 0 bridgehead atoms. The first-order chi connectivity index (χ1) is 8.00. The summed E-state index contributed by atoms with van der Waals surface area (Å²) in [6.07, 6.45) is 2.68. The molecule has 2 fully saturated rings. The second-order valence-electron chi connectivity index (χ2n) is 6.76. The maximum absolute atomic E-state index is 3.47. The van der Waals surface area contributed by atoms with Gasteiger partial charge in [-0.15, -0.1) is 0 Å². The third kappa shape index (κ3) is 3.21. The minimum Gasteiger partial charge on any atom is -0.317 e. The second kappa shape index (κ2) is 5.25. The fourth-order valence-corrected chi connectivity index (χ4v) is 3.58. The normalized spacial score (nSPS) is 34.4. The lowest BCUT2D eigenvalue weighted by molar-refractivity contribution is 0.140. The first kappa shape index (κ1) is 13.3. The Bertz CT molecular complexity index is 246. The second-order valence-corrected chi connectivity index (χ2v) is 6.76. The molecule has 17 heavy (non-hydrogen) atoms. The number of nitrogens with zero attached hydrogens (tertiary/aromatic N) is 2. The van der Waals surface area contributed by atoms with Crippen molar-refractivity contribution in [2.45, 2.75) is 32.7 Å². The van der Waals surface area contributed by atoms with E-state index < -0.39 is 0 Å². The topological polar surface area (TPSA) is 18.5 Å². The minimum absolute atomic E-state index is 0.548. The average Bonchev–Trinajstić information content (AvgIpc) is 2.59. The van der Waals surface area contributed by atoms with Gasteiger partial charge in [0.15, 0.2) is 0 Å². The van der Waals surface area contributed by atoms with Crippen molar-refractivity contribution in [2.24, 2.45) is 11.3 Å². The van der Waals surface area contributed by atoms with Crippen molar-refractivity contribution >= 4 is 0 Å². The van der Waals surface area contributed by atoms with Crippen LogP contribution in [-0.2, 0) is 0 Å². The van der Waals surface area contributed by atoms with Gasteiger partial charge >= 0.3 is 0 Å². The van der Waals surface area contributed by atoms with Crippen molar-refractivity contribution in [3.05, 3.63) is 0 Å². The Hall–Kier alpha value is -0.120. The van der Waals surface area contributed by atoms with Gasteiger partial charge in [-0.25, -0.2) is 0 Å². The van der Waals surface area contributed by atoms with E-state index in [1.165, 1.54) is 45.6 Å². The summed E-state index contributed by atoms with van der Waals surface area (Å²) in [6, 6.07) is 0.750. The maximum Gasteiger partial charge on any atom is 0.0254 e. The predicted molar refractivity (Wildman–Crippen MR) is 73.3 cm³/mol. The van der Waals surface area contributed by atoms with E-state index in [-0.39, 0.29) is 0 Å². The Morgan fingerprint density at radius 1 is 1.24 bits per heavy atom. The smallest absolute Gasteiger partial charge is 0.0254 e. The quantitative estimate of drug-likeness (QED) is 0.800. The average molecular weight is 239 g/mol. The number of likely N-dealkylation sites (N-methyl/N-ethyl adjacent to an activating group) is 1. The molecule has 3 heteroatoms. The highest BCUT2D eigenvalue weighted by Gasteiger charge is 2.35. The minimum atomic E-state index is 0.548. The fourth-order valence-electron chi connectivity index (χ4n) is 3.58. The molecule has 2 unspecified atom stereocenters. The first-order valence-electron chi connectivity index (χ1n) is 7.10. The Labute approximate surface area is 107 Å². The number of nitrogens with one attached hydrogen (secondary N) is 1. The maximum atomic E-state index is 3.47. The lowest BCUT2D eigenvalue weighted by Crippen LogP contribution is -2.43.